The van der Waals surface area contributed by atoms with Crippen LogP contribution in [0.1, 0.15) is 59.8 Å². The molecule has 3 rings (SSSR count). The molecule has 1 aliphatic heterocycles. The Bertz CT molecular complexity index is 1010. The normalized spacial score (nSPS) is 28.4. The van der Waals surface area contributed by atoms with Gasteiger partial charge in [0, 0.05) is 12.5 Å². The molecule has 190 valence electrons. The largest absolute Gasteiger partial charge is 0.465 e. The van der Waals surface area contributed by atoms with E-state index in [0.29, 0.717) is 25.7 Å². The molecule has 3 aliphatic rings. The smallest absolute Gasteiger partial charge is 0.405 e. The summed E-state index contributed by atoms with van der Waals surface area (Å²) in [6, 6.07) is -1.97. The Morgan fingerprint density at radius 3 is 2.29 bits per heavy atom. The lowest BCUT2D eigenvalue weighted by molar-refractivity contribution is -0.142. The molecule has 0 bridgehead atoms. The highest BCUT2D eigenvalue weighted by atomic mass is 32.2. The van der Waals surface area contributed by atoms with E-state index in [-0.39, 0.29) is 13.0 Å². The zero-order valence-corrected chi connectivity index (χ0v) is 20.8. The predicted molar refractivity (Wildman–Crippen MR) is 123 cm³/mol. The number of likely N-dealkylation sites (tertiary alicyclic amines) is 1. The zero-order valence-electron chi connectivity index (χ0n) is 20.0. The Kier molecular flexibility index (Phi) is 6.53. The Morgan fingerprint density at radius 1 is 1.21 bits per heavy atom. The molecule has 2 aliphatic carbocycles. The molecule has 0 aromatic heterocycles. The SMILES string of the molecule is C=CC1CC1(NC(=O)[C@@H]1CCCN1C(=O)[C@@H](NC(=O)O)C(C)(C)C)C(=O)NS(=O)(=O)C1(C)CC1. The summed E-state index contributed by atoms with van der Waals surface area (Å²) in [6.45, 7) is 10.7. The molecule has 0 aromatic carbocycles. The van der Waals surface area contributed by atoms with Crippen molar-refractivity contribution in [2.75, 3.05) is 6.54 Å². The first-order chi connectivity index (χ1) is 15.6. The highest BCUT2D eigenvalue weighted by Gasteiger charge is 2.62. The van der Waals surface area contributed by atoms with E-state index in [1.807, 2.05) is 0 Å². The van der Waals surface area contributed by atoms with Crippen LogP contribution in [-0.2, 0) is 24.4 Å². The van der Waals surface area contributed by atoms with Crippen LogP contribution >= 0.6 is 0 Å². The van der Waals surface area contributed by atoms with E-state index >= 15 is 0 Å². The van der Waals surface area contributed by atoms with Gasteiger partial charge in [0.05, 0.1) is 4.75 Å². The monoisotopic (exact) mass is 498 g/mol. The van der Waals surface area contributed by atoms with Crippen molar-refractivity contribution in [3.8, 4) is 0 Å². The molecule has 2 saturated carbocycles. The van der Waals surface area contributed by atoms with E-state index in [4.69, 9.17) is 0 Å². The lowest BCUT2D eigenvalue weighted by atomic mass is 9.85. The van der Waals surface area contributed by atoms with Crippen LogP contribution in [0.4, 0.5) is 4.79 Å². The van der Waals surface area contributed by atoms with Crippen molar-refractivity contribution >= 4 is 33.8 Å². The van der Waals surface area contributed by atoms with Crippen LogP contribution in [0.2, 0.25) is 0 Å². The van der Waals surface area contributed by atoms with Gasteiger partial charge >= 0.3 is 6.09 Å². The summed E-state index contributed by atoms with van der Waals surface area (Å²) in [4.78, 5) is 52.1. The lowest BCUT2D eigenvalue weighted by Crippen LogP contribution is -2.60. The highest BCUT2D eigenvalue weighted by Crippen LogP contribution is 2.47. The average Bonchev–Trinajstić information content (AvgIpc) is 3.58. The number of nitrogens with zero attached hydrogens (tertiary/aromatic N) is 1. The Hall–Kier alpha value is -2.63. The number of carboxylic acid groups (broad SMARTS) is 1. The van der Waals surface area contributed by atoms with E-state index in [0.717, 1.165) is 0 Å². The van der Waals surface area contributed by atoms with Crippen molar-refractivity contribution in [3.63, 3.8) is 0 Å². The van der Waals surface area contributed by atoms with Crippen LogP contribution in [0.15, 0.2) is 12.7 Å². The average molecular weight is 499 g/mol. The molecule has 3 fully saturated rings. The van der Waals surface area contributed by atoms with Crippen molar-refractivity contribution in [3.05, 3.63) is 12.7 Å². The number of rotatable bonds is 8. The minimum absolute atomic E-state index is 0.201. The summed E-state index contributed by atoms with van der Waals surface area (Å²) >= 11 is 0. The second-order valence-electron chi connectivity index (χ2n) is 10.8. The van der Waals surface area contributed by atoms with Crippen molar-refractivity contribution in [1.82, 2.24) is 20.3 Å². The van der Waals surface area contributed by atoms with Gasteiger partial charge in [0.25, 0.3) is 5.91 Å². The summed E-state index contributed by atoms with van der Waals surface area (Å²) < 4.78 is 26.3. The summed E-state index contributed by atoms with van der Waals surface area (Å²) in [5, 5.41) is 14.1. The molecule has 4 amide bonds. The molecule has 2 unspecified atom stereocenters. The zero-order chi connectivity index (χ0) is 25.7. The molecule has 0 spiro atoms. The topological polar surface area (TPSA) is 162 Å². The molecule has 34 heavy (non-hydrogen) atoms. The number of sulfonamides is 1. The number of hydrogen-bond donors (Lipinski definition) is 4. The summed E-state index contributed by atoms with van der Waals surface area (Å²) in [7, 11) is -3.89. The molecule has 4 N–H and O–H groups in total. The maximum absolute atomic E-state index is 13.2. The first-order valence-corrected chi connectivity index (χ1v) is 12.9. The van der Waals surface area contributed by atoms with E-state index in [2.05, 4.69) is 21.9 Å². The molecule has 11 nitrogen and oxygen atoms in total. The van der Waals surface area contributed by atoms with Crippen LogP contribution in [0.25, 0.3) is 0 Å². The predicted octanol–water partition coefficient (Wildman–Crippen LogP) is 0.719. The van der Waals surface area contributed by atoms with E-state index in [1.54, 1.807) is 27.7 Å². The molecule has 0 aromatic rings. The Labute approximate surface area is 199 Å². The van der Waals surface area contributed by atoms with Gasteiger partial charge in [0.15, 0.2) is 0 Å². The van der Waals surface area contributed by atoms with E-state index < -0.39 is 67.5 Å². The van der Waals surface area contributed by atoms with Gasteiger partial charge in [-0.05, 0) is 44.4 Å². The second-order valence-corrected chi connectivity index (χ2v) is 13.0. The number of amides is 4. The van der Waals surface area contributed by atoms with Gasteiger partial charge in [-0.2, -0.15) is 0 Å². The van der Waals surface area contributed by atoms with Gasteiger partial charge in [-0.1, -0.05) is 26.8 Å². The van der Waals surface area contributed by atoms with Crippen molar-refractivity contribution in [2.24, 2.45) is 11.3 Å². The van der Waals surface area contributed by atoms with Gasteiger partial charge in [-0.3, -0.25) is 19.1 Å². The molecule has 1 saturated heterocycles. The third kappa shape index (κ3) is 4.77. The lowest BCUT2D eigenvalue weighted by Gasteiger charge is -2.35. The number of carbonyl (C=O) groups is 4. The minimum atomic E-state index is -3.89. The fourth-order valence-electron chi connectivity index (χ4n) is 4.36. The number of nitrogens with one attached hydrogen (secondary N) is 3. The van der Waals surface area contributed by atoms with Crippen LogP contribution in [0.3, 0.4) is 0 Å². The molecule has 1 heterocycles. The molecule has 12 heteroatoms. The maximum atomic E-state index is 13.2. The third-order valence-corrected chi connectivity index (χ3v) is 9.26. The van der Waals surface area contributed by atoms with Gasteiger partial charge in [-0.25, -0.2) is 13.2 Å². The second kappa shape index (κ2) is 8.54. The fraction of sp³-hybridized carbons (Fsp3) is 0.727. The standard InChI is InChI=1S/C22H34N4O7S/c1-6-13-12-22(13,18(29)25-34(32,33)21(5)9-10-21)24-16(27)14-8-7-11-26(14)17(28)15(20(2,3)4)23-19(30)31/h6,13-15,23H,1,7-12H2,2-5H3,(H,24,27)(H,25,29)(H,30,31)/t13?,14-,15+,22?/m0/s1. The first-order valence-electron chi connectivity index (χ1n) is 11.4. The van der Waals surface area contributed by atoms with Crippen molar-refractivity contribution < 1.29 is 32.7 Å². The van der Waals surface area contributed by atoms with Crippen LogP contribution in [-0.4, -0.2) is 71.2 Å². The third-order valence-electron chi connectivity index (χ3n) is 7.10. The Morgan fingerprint density at radius 2 is 1.82 bits per heavy atom. The van der Waals surface area contributed by atoms with E-state index in [9.17, 15) is 32.7 Å². The number of hydrogen-bond acceptors (Lipinski definition) is 6. The van der Waals surface area contributed by atoms with Crippen LogP contribution in [0, 0.1) is 11.3 Å². The van der Waals surface area contributed by atoms with E-state index in [1.165, 1.54) is 11.0 Å². The maximum Gasteiger partial charge on any atom is 0.405 e. The fourth-order valence-corrected chi connectivity index (χ4v) is 5.67. The van der Waals surface area contributed by atoms with Gasteiger partial charge in [0.2, 0.25) is 21.8 Å². The first kappa shape index (κ1) is 26.0. The van der Waals surface area contributed by atoms with Gasteiger partial charge in [-0.15, -0.1) is 6.58 Å². The van der Waals surface area contributed by atoms with Gasteiger partial charge < -0.3 is 20.6 Å². The highest BCUT2D eigenvalue weighted by molar-refractivity contribution is 7.91. The Balaban J connectivity index is 1.77. The molecule has 0 radical (unpaired) electrons. The molecular formula is C22H34N4O7S. The van der Waals surface area contributed by atoms with Crippen LogP contribution in [0.5, 0.6) is 0 Å². The molecular weight excluding hydrogens is 464 g/mol. The summed E-state index contributed by atoms with van der Waals surface area (Å²) in [6.07, 6.45) is 2.14. The number of carbonyl (C=O) groups excluding carboxylic acids is 3. The van der Waals surface area contributed by atoms with Crippen molar-refractivity contribution in [2.45, 2.75) is 82.2 Å². The minimum Gasteiger partial charge on any atom is -0.465 e. The summed E-state index contributed by atoms with van der Waals surface area (Å²) in [5.41, 5.74) is -2.19. The van der Waals surface area contributed by atoms with Crippen molar-refractivity contribution in [1.29, 1.82) is 0 Å². The van der Waals surface area contributed by atoms with Crippen LogP contribution < -0.4 is 15.4 Å². The molecule has 4 atom stereocenters. The quantitative estimate of drug-likeness (QED) is 0.358. The summed E-state index contributed by atoms with van der Waals surface area (Å²) in [5.74, 6) is -2.36. The van der Waals surface area contributed by atoms with Gasteiger partial charge in [0.1, 0.15) is 17.6 Å².